The van der Waals surface area contributed by atoms with Gasteiger partial charge in [-0.1, -0.05) is 36.4 Å². The van der Waals surface area contributed by atoms with Crippen molar-refractivity contribution in [3.8, 4) is 0 Å². The molecule has 1 N–H and O–H groups in total. The number of allylic oxidation sites excluding steroid dienone is 1. The number of hydrogen-bond donors (Lipinski definition) is 1. The van der Waals surface area contributed by atoms with Crippen molar-refractivity contribution >= 4 is 17.9 Å². The fraction of sp³-hybridized carbons (Fsp3) is 0.333. The Bertz CT molecular complexity index is 590. The normalized spacial score (nSPS) is 18.7. The number of nitrogens with zero attached hydrogens (tertiary/aromatic N) is 1. The van der Waals surface area contributed by atoms with Gasteiger partial charge in [0, 0.05) is 18.2 Å². The largest absolute Gasteiger partial charge is 0.332 e. The Hall–Kier alpha value is -2.36. The molecule has 1 aromatic rings. The maximum Gasteiger partial charge on any atom is 0.248 e. The summed E-state index contributed by atoms with van der Waals surface area (Å²) in [7, 11) is 0. The van der Waals surface area contributed by atoms with Gasteiger partial charge in [0.15, 0.2) is 0 Å². The van der Waals surface area contributed by atoms with Crippen molar-refractivity contribution < 1.29 is 9.59 Å². The van der Waals surface area contributed by atoms with Gasteiger partial charge in [-0.25, -0.2) is 0 Å². The van der Waals surface area contributed by atoms with Crippen LogP contribution in [0.1, 0.15) is 32.3 Å². The van der Waals surface area contributed by atoms with E-state index in [9.17, 15) is 9.59 Å². The average Bonchev–Trinajstić information content (AvgIpc) is 3.00. The topological polar surface area (TPSA) is 49.4 Å². The van der Waals surface area contributed by atoms with Crippen molar-refractivity contribution in [2.45, 2.75) is 32.9 Å². The monoisotopic (exact) mass is 298 g/mol. The number of likely N-dealkylation sites (tertiary alicyclic amines) is 1. The molecule has 22 heavy (non-hydrogen) atoms. The summed E-state index contributed by atoms with van der Waals surface area (Å²) in [6.45, 7) is 4.28. The van der Waals surface area contributed by atoms with Crippen LogP contribution in [0.4, 0.5) is 0 Å². The molecule has 2 rings (SSSR count). The molecular weight excluding hydrogens is 276 g/mol. The molecule has 1 saturated heterocycles. The van der Waals surface area contributed by atoms with E-state index in [1.54, 1.807) is 30.1 Å². The third-order valence-corrected chi connectivity index (χ3v) is 3.84. The molecule has 0 aromatic heterocycles. The lowest BCUT2D eigenvalue weighted by molar-refractivity contribution is -0.128. The van der Waals surface area contributed by atoms with E-state index < -0.39 is 0 Å². The lowest BCUT2D eigenvalue weighted by Crippen LogP contribution is -2.46. The van der Waals surface area contributed by atoms with Gasteiger partial charge in [0.25, 0.3) is 0 Å². The zero-order valence-electron chi connectivity index (χ0n) is 13.1. The van der Waals surface area contributed by atoms with Crippen LogP contribution < -0.4 is 5.32 Å². The average molecular weight is 298 g/mol. The van der Waals surface area contributed by atoms with Crippen LogP contribution in [0.2, 0.25) is 0 Å². The molecule has 0 aliphatic carbocycles. The molecule has 1 fully saturated rings. The quantitative estimate of drug-likeness (QED) is 0.869. The molecule has 0 spiro atoms. The maximum atomic E-state index is 12.3. The SMILES string of the molecule is C/C=C(\C)C(=O)N[C@H]1CCCN1C(=O)/C=C/c1ccccc1. The molecule has 0 bridgehead atoms. The van der Waals surface area contributed by atoms with Gasteiger partial charge in [0.2, 0.25) is 11.8 Å². The summed E-state index contributed by atoms with van der Waals surface area (Å²) in [5.41, 5.74) is 1.65. The highest BCUT2D eigenvalue weighted by Gasteiger charge is 2.28. The summed E-state index contributed by atoms with van der Waals surface area (Å²) < 4.78 is 0. The van der Waals surface area contributed by atoms with Crippen LogP contribution in [-0.2, 0) is 9.59 Å². The Morgan fingerprint density at radius 1 is 1.27 bits per heavy atom. The van der Waals surface area contributed by atoms with Crippen LogP contribution in [0.15, 0.2) is 48.1 Å². The predicted molar refractivity (Wildman–Crippen MR) is 87.8 cm³/mol. The second kappa shape index (κ2) is 7.59. The van der Waals surface area contributed by atoms with E-state index in [0.29, 0.717) is 12.1 Å². The summed E-state index contributed by atoms with van der Waals surface area (Å²) in [6.07, 6.45) is 6.64. The van der Waals surface area contributed by atoms with E-state index >= 15 is 0 Å². The minimum Gasteiger partial charge on any atom is -0.332 e. The van der Waals surface area contributed by atoms with Crippen LogP contribution in [0.25, 0.3) is 6.08 Å². The standard InChI is InChI=1S/C18H22N2O2/c1-3-14(2)18(22)19-16-10-7-13-20(16)17(21)12-11-15-8-5-4-6-9-15/h3-6,8-9,11-12,16H,7,10,13H2,1-2H3,(H,19,22)/b12-11+,14-3+/t16-/m1/s1. The molecule has 1 aromatic carbocycles. The molecule has 1 atom stereocenters. The van der Waals surface area contributed by atoms with Crippen molar-refractivity contribution in [1.82, 2.24) is 10.2 Å². The summed E-state index contributed by atoms with van der Waals surface area (Å²) in [6, 6.07) is 9.70. The van der Waals surface area contributed by atoms with Crippen LogP contribution in [-0.4, -0.2) is 29.4 Å². The van der Waals surface area contributed by atoms with E-state index in [2.05, 4.69) is 5.32 Å². The van der Waals surface area contributed by atoms with E-state index in [1.165, 1.54) is 0 Å². The van der Waals surface area contributed by atoms with Gasteiger partial charge in [-0.2, -0.15) is 0 Å². The molecule has 1 aliphatic rings. The third kappa shape index (κ3) is 4.07. The minimum absolute atomic E-state index is 0.0650. The Labute approximate surface area is 131 Å². The fourth-order valence-electron chi connectivity index (χ4n) is 2.40. The highest BCUT2D eigenvalue weighted by molar-refractivity contribution is 5.95. The zero-order chi connectivity index (χ0) is 15.9. The van der Waals surface area contributed by atoms with E-state index in [1.807, 2.05) is 37.3 Å². The van der Waals surface area contributed by atoms with Gasteiger partial charge in [-0.05, 0) is 38.3 Å². The number of carbonyl (C=O) groups is 2. The lowest BCUT2D eigenvalue weighted by atomic mass is 10.2. The summed E-state index contributed by atoms with van der Waals surface area (Å²) in [4.78, 5) is 26.0. The van der Waals surface area contributed by atoms with Gasteiger partial charge in [0.05, 0.1) is 0 Å². The first-order valence-corrected chi connectivity index (χ1v) is 7.59. The molecule has 0 saturated carbocycles. The number of amides is 2. The highest BCUT2D eigenvalue weighted by Crippen LogP contribution is 2.16. The maximum absolute atomic E-state index is 12.3. The smallest absolute Gasteiger partial charge is 0.248 e. The van der Waals surface area contributed by atoms with Gasteiger partial charge in [-0.15, -0.1) is 0 Å². The number of rotatable bonds is 4. The van der Waals surface area contributed by atoms with Gasteiger partial charge >= 0.3 is 0 Å². The summed E-state index contributed by atoms with van der Waals surface area (Å²) in [5.74, 6) is -0.177. The first kappa shape index (κ1) is 16.0. The molecule has 2 amide bonds. The highest BCUT2D eigenvalue weighted by atomic mass is 16.2. The second-order valence-corrected chi connectivity index (χ2v) is 5.38. The number of carbonyl (C=O) groups excluding carboxylic acids is 2. The van der Waals surface area contributed by atoms with Crippen molar-refractivity contribution in [2.24, 2.45) is 0 Å². The third-order valence-electron chi connectivity index (χ3n) is 3.84. The Morgan fingerprint density at radius 2 is 2.00 bits per heavy atom. The number of benzene rings is 1. The molecule has 4 heteroatoms. The van der Waals surface area contributed by atoms with Crippen molar-refractivity contribution in [2.75, 3.05) is 6.54 Å². The van der Waals surface area contributed by atoms with E-state index in [4.69, 9.17) is 0 Å². The molecule has 116 valence electrons. The van der Waals surface area contributed by atoms with Crippen molar-refractivity contribution in [3.63, 3.8) is 0 Å². The number of hydrogen-bond acceptors (Lipinski definition) is 2. The Balaban J connectivity index is 1.99. The van der Waals surface area contributed by atoms with Crippen LogP contribution in [0.3, 0.4) is 0 Å². The van der Waals surface area contributed by atoms with Gasteiger partial charge in [0.1, 0.15) is 6.17 Å². The fourth-order valence-corrected chi connectivity index (χ4v) is 2.40. The molecule has 0 radical (unpaired) electrons. The van der Waals surface area contributed by atoms with Crippen molar-refractivity contribution in [3.05, 3.63) is 53.6 Å². The predicted octanol–water partition coefficient (Wildman–Crippen LogP) is 2.73. The zero-order valence-corrected chi connectivity index (χ0v) is 13.1. The molecule has 4 nitrogen and oxygen atoms in total. The number of nitrogens with one attached hydrogen (secondary N) is 1. The molecular formula is C18H22N2O2. The minimum atomic E-state index is -0.213. The van der Waals surface area contributed by atoms with Crippen LogP contribution >= 0.6 is 0 Å². The molecule has 1 aliphatic heterocycles. The van der Waals surface area contributed by atoms with Crippen LogP contribution in [0, 0.1) is 0 Å². The van der Waals surface area contributed by atoms with E-state index in [0.717, 1.165) is 18.4 Å². The van der Waals surface area contributed by atoms with Crippen LogP contribution in [0.5, 0.6) is 0 Å². The Kier molecular flexibility index (Phi) is 5.53. The summed E-state index contributed by atoms with van der Waals surface area (Å²) >= 11 is 0. The first-order chi connectivity index (χ1) is 10.6. The van der Waals surface area contributed by atoms with Gasteiger partial charge < -0.3 is 10.2 Å². The first-order valence-electron chi connectivity index (χ1n) is 7.59. The second-order valence-electron chi connectivity index (χ2n) is 5.38. The van der Waals surface area contributed by atoms with Crippen molar-refractivity contribution in [1.29, 1.82) is 0 Å². The molecule has 0 unspecified atom stereocenters. The summed E-state index contributed by atoms with van der Waals surface area (Å²) in [5, 5.41) is 2.92. The van der Waals surface area contributed by atoms with Gasteiger partial charge in [-0.3, -0.25) is 9.59 Å². The lowest BCUT2D eigenvalue weighted by Gasteiger charge is -2.24. The van der Waals surface area contributed by atoms with E-state index in [-0.39, 0.29) is 18.0 Å². The molecule has 1 heterocycles. The Morgan fingerprint density at radius 3 is 2.68 bits per heavy atom.